The maximum Gasteiger partial charge on any atom is 0.253 e. The van der Waals surface area contributed by atoms with Crippen LogP contribution in [0.3, 0.4) is 0 Å². The van der Waals surface area contributed by atoms with Crippen molar-refractivity contribution in [3.8, 4) is 5.75 Å². The van der Waals surface area contributed by atoms with Gasteiger partial charge in [-0.2, -0.15) is 22.5 Å². The van der Waals surface area contributed by atoms with E-state index in [0.717, 1.165) is 0 Å². The van der Waals surface area contributed by atoms with Crippen LogP contribution < -0.4 is 10.1 Å². The number of hydrogen-bond acceptors (Lipinski definition) is 3. The minimum Gasteiger partial charge on any atom is -0.496 e. The number of ether oxygens (including phenoxy) is 1. The summed E-state index contributed by atoms with van der Waals surface area (Å²) in [4.78, 5) is 2.48. The van der Waals surface area contributed by atoms with Gasteiger partial charge in [-0.1, -0.05) is 0 Å². The molecule has 1 aromatic carbocycles. The van der Waals surface area contributed by atoms with Crippen LogP contribution in [0.5, 0.6) is 5.75 Å². The van der Waals surface area contributed by atoms with Crippen LogP contribution in [-0.2, 0) is 0 Å². The molecule has 7 heteroatoms. The fourth-order valence-electron chi connectivity index (χ4n) is 1.70. The Hall–Kier alpha value is -2.31. The summed E-state index contributed by atoms with van der Waals surface area (Å²) in [5.74, 6) is -6.02. The van der Waals surface area contributed by atoms with E-state index in [-0.39, 0.29) is 5.69 Å². The van der Waals surface area contributed by atoms with Crippen molar-refractivity contribution in [3.63, 3.8) is 0 Å². The highest BCUT2D eigenvalue weighted by Gasteiger charge is 2.20. The van der Waals surface area contributed by atoms with Crippen LogP contribution in [0.2, 0.25) is 0 Å². The fourth-order valence-corrected chi connectivity index (χ4v) is 1.70. The van der Waals surface area contributed by atoms with E-state index in [1.807, 2.05) is 0 Å². The van der Waals surface area contributed by atoms with Crippen molar-refractivity contribution in [1.29, 1.82) is 0 Å². The number of aryl methyl sites for hydroxylation is 1. The van der Waals surface area contributed by atoms with E-state index in [1.54, 1.807) is 13.0 Å². The number of aromatic nitrogens is 1. The van der Waals surface area contributed by atoms with Gasteiger partial charge in [0.15, 0.2) is 0 Å². The Morgan fingerprint density at radius 3 is 2.15 bits per heavy atom. The van der Waals surface area contributed by atoms with Crippen LogP contribution >= 0.6 is 0 Å². The summed E-state index contributed by atoms with van der Waals surface area (Å²) in [6.45, 7) is 1.71. The Labute approximate surface area is 112 Å². The maximum atomic E-state index is 13.4. The largest absolute Gasteiger partial charge is 0.496 e. The van der Waals surface area contributed by atoms with Crippen LogP contribution in [-0.4, -0.2) is 12.1 Å². The van der Waals surface area contributed by atoms with Gasteiger partial charge in [-0.15, -0.1) is 0 Å². The van der Waals surface area contributed by atoms with E-state index in [4.69, 9.17) is 4.74 Å². The van der Waals surface area contributed by atoms with Gasteiger partial charge in [-0.25, -0.2) is 0 Å². The second kappa shape index (κ2) is 5.36. The van der Waals surface area contributed by atoms with Gasteiger partial charge in [0, 0.05) is 5.69 Å². The number of nitrogens with one attached hydrogen (secondary N) is 1. The predicted octanol–water partition coefficient (Wildman–Crippen LogP) is 3.70. The van der Waals surface area contributed by atoms with Gasteiger partial charge in [0.2, 0.25) is 11.6 Å². The molecule has 0 aliphatic heterocycles. The van der Waals surface area contributed by atoms with Crippen LogP contribution in [0.25, 0.3) is 0 Å². The van der Waals surface area contributed by atoms with Gasteiger partial charge in [0.25, 0.3) is 11.9 Å². The number of methoxy groups -OCH3 is 1. The van der Waals surface area contributed by atoms with Gasteiger partial charge < -0.3 is 10.1 Å². The second-order valence-electron chi connectivity index (χ2n) is 4.01. The highest BCUT2D eigenvalue weighted by atomic mass is 19.2. The number of benzene rings is 1. The lowest BCUT2D eigenvalue weighted by molar-refractivity contribution is 0.411. The monoisotopic (exact) mass is 286 g/mol. The molecule has 0 aliphatic carbocycles. The van der Waals surface area contributed by atoms with Gasteiger partial charge >= 0.3 is 0 Å². The standard InChI is InChI=1S/C13H10F4N2O/c1-6-5-7(3-4-8(6)20-2)18-11-9(14)12(16)19-13(17)10(11)15/h3-5H,1-2H3,(H,18,19). The summed E-state index contributed by atoms with van der Waals surface area (Å²) < 4.78 is 57.9. The van der Waals surface area contributed by atoms with Crippen molar-refractivity contribution in [2.75, 3.05) is 12.4 Å². The molecule has 1 heterocycles. The minimum absolute atomic E-state index is 0.256. The van der Waals surface area contributed by atoms with E-state index >= 15 is 0 Å². The Bertz CT molecular complexity index is 635. The van der Waals surface area contributed by atoms with Crippen LogP contribution in [0, 0.1) is 30.5 Å². The average molecular weight is 286 g/mol. The lowest BCUT2D eigenvalue weighted by atomic mass is 10.2. The molecule has 0 aliphatic rings. The number of hydrogen-bond donors (Lipinski definition) is 1. The third-order valence-corrected chi connectivity index (χ3v) is 2.66. The number of rotatable bonds is 3. The molecule has 0 saturated heterocycles. The van der Waals surface area contributed by atoms with Crippen molar-refractivity contribution in [2.45, 2.75) is 6.92 Å². The molecule has 2 rings (SSSR count). The molecule has 0 spiro atoms. The molecule has 20 heavy (non-hydrogen) atoms. The summed E-state index contributed by atoms with van der Waals surface area (Å²) in [5, 5.41) is 2.29. The quantitative estimate of drug-likeness (QED) is 0.690. The van der Waals surface area contributed by atoms with Gasteiger partial charge in [-0.3, -0.25) is 0 Å². The molecule has 106 valence electrons. The second-order valence-corrected chi connectivity index (χ2v) is 4.01. The van der Waals surface area contributed by atoms with Crippen LogP contribution in [0.1, 0.15) is 5.56 Å². The highest BCUT2D eigenvalue weighted by Crippen LogP contribution is 2.28. The summed E-state index contributed by atoms with van der Waals surface area (Å²) in [5.41, 5.74) is 0.0129. The number of nitrogens with zero attached hydrogens (tertiary/aromatic N) is 1. The van der Waals surface area contributed by atoms with Crippen LogP contribution in [0.4, 0.5) is 28.9 Å². The first kappa shape index (κ1) is 14.1. The van der Waals surface area contributed by atoms with E-state index in [0.29, 0.717) is 11.3 Å². The smallest absolute Gasteiger partial charge is 0.253 e. The fraction of sp³-hybridized carbons (Fsp3) is 0.154. The Kier molecular flexibility index (Phi) is 3.78. The number of pyridine rings is 1. The molecule has 0 fully saturated rings. The van der Waals surface area contributed by atoms with Gasteiger partial charge in [-0.05, 0) is 30.7 Å². The highest BCUT2D eigenvalue weighted by molar-refractivity contribution is 5.62. The van der Waals surface area contributed by atoms with Crippen molar-refractivity contribution >= 4 is 11.4 Å². The zero-order chi connectivity index (χ0) is 14.9. The van der Waals surface area contributed by atoms with Crippen molar-refractivity contribution in [2.24, 2.45) is 0 Å². The molecule has 0 saturated carbocycles. The summed E-state index contributed by atoms with van der Waals surface area (Å²) in [7, 11) is 1.47. The van der Waals surface area contributed by atoms with Crippen molar-refractivity contribution < 1.29 is 22.3 Å². The first-order chi connectivity index (χ1) is 9.43. The third kappa shape index (κ3) is 2.52. The lowest BCUT2D eigenvalue weighted by Crippen LogP contribution is -2.06. The SMILES string of the molecule is COc1ccc(Nc2c(F)c(F)nc(F)c2F)cc1C. The molecular weight excluding hydrogens is 276 g/mol. The molecule has 1 aromatic heterocycles. The first-order valence-corrected chi connectivity index (χ1v) is 5.55. The van der Waals surface area contributed by atoms with E-state index in [9.17, 15) is 17.6 Å². The predicted molar refractivity (Wildman–Crippen MR) is 65.1 cm³/mol. The van der Waals surface area contributed by atoms with Crippen molar-refractivity contribution in [3.05, 3.63) is 47.3 Å². The first-order valence-electron chi connectivity index (χ1n) is 5.55. The number of anilines is 2. The summed E-state index contributed by atoms with van der Waals surface area (Å²) in [6.07, 6.45) is 0. The lowest BCUT2D eigenvalue weighted by Gasteiger charge is -2.11. The molecule has 1 N–H and O–H groups in total. The molecule has 0 unspecified atom stereocenters. The molecule has 2 aromatic rings. The molecule has 0 radical (unpaired) electrons. The molecule has 0 amide bonds. The Morgan fingerprint density at radius 1 is 1.05 bits per heavy atom. The minimum atomic E-state index is -1.71. The van der Waals surface area contributed by atoms with Crippen LogP contribution in [0.15, 0.2) is 18.2 Å². The third-order valence-electron chi connectivity index (χ3n) is 2.66. The van der Waals surface area contributed by atoms with E-state index in [2.05, 4.69) is 10.3 Å². The van der Waals surface area contributed by atoms with Crippen molar-refractivity contribution in [1.82, 2.24) is 4.98 Å². The molecular formula is C13H10F4N2O. The zero-order valence-electron chi connectivity index (χ0n) is 10.6. The maximum absolute atomic E-state index is 13.4. The molecule has 0 atom stereocenters. The molecule has 3 nitrogen and oxygen atoms in total. The Morgan fingerprint density at radius 2 is 1.65 bits per heavy atom. The summed E-state index contributed by atoms with van der Waals surface area (Å²) >= 11 is 0. The van der Waals surface area contributed by atoms with E-state index in [1.165, 1.54) is 19.2 Å². The van der Waals surface area contributed by atoms with Gasteiger partial charge in [0.05, 0.1) is 7.11 Å². The zero-order valence-corrected chi connectivity index (χ0v) is 10.6. The average Bonchev–Trinajstić information content (AvgIpc) is 2.41. The van der Waals surface area contributed by atoms with E-state index < -0.39 is 29.2 Å². The number of halogens is 4. The Balaban J connectivity index is 2.42. The topological polar surface area (TPSA) is 34.1 Å². The summed E-state index contributed by atoms with van der Waals surface area (Å²) in [6, 6.07) is 4.54. The molecule has 0 bridgehead atoms. The van der Waals surface area contributed by atoms with Gasteiger partial charge in [0.1, 0.15) is 11.4 Å². The normalized spacial score (nSPS) is 10.5.